The van der Waals surface area contributed by atoms with Gasteiger partial charge in [-0.15, -0.1) is 0 Å². The van der Waals surface area contributed by atoms with Gasteiger partial charge >= 0.3 is 5.97 Å². The number of carbonyl (C=O) groups is 2. The summed E-state index contributed by atoms with van der Waals surface area (Å²) in [7, 11) is 1.64. The second kappa shape index (κ2) is 5.35. The third-order valence-corrected chi connectivity index (χ3v) is 5.00. The smallest absolute Gasteiger partial charge is 0.326 e. The number of carboxylic acids is 1. The van der Waals surface area contributed by atoms with Gasteiger partial charge in [0.1, 0.15) is 6.04 Å². The molecule has 1 unspecified atom stereocenters. The SMILES string of the molecule is COC1(CC(=O)N2CCCC(C)(C)C2C(=O)O)CCC1. The van der Waals surface area contributed by atoms with Crippen LogP contribution < -0.4 is 0 Å². The number of ether oxygens (including phenoxy) is 1. The molecule has 0 aromatic rings. The van der Waals surface area contributed by atoms with Crippen molar-refractivity contribution in [2.24, 2.45) is 5.41 Å². The first-order valence-electron chi connectivity index (χ1n) is 7.39. The van der Waals surface area contributed by atoms with E-state index in [1.54, 1.807) is 12.0 Å². The fourth-order valence-corrected chi connectivity index (χ4v) is 3.53. The lowest BCUT2D eigenvalue weighted by molar-refractivity contribution is -0.164. The van der Waals surface area contributed by atoms with Crippen molar-refractivity contribution in [3.05, 3.63) is 0 Å². The second-order valence-electron chi connectivity index (χ2n) is 6.84. The number of rotatable bonds is 4. The average molecular weight is 283 g/mol. The number of methoxy groups -OCH3 is 1. The van der Waals surface area contributed by atoms with Gasteiger partial charge in [-0.25, -0.2) is 4.79 Å². The number of carboxylic acid groups (broad SMARTS) is 1. The van der Waals surface area contributed by atoms with Crippen LogP contribution in [-0.4, -0.2) is 47.2 Å². The minimum absolute atomic E-state index is 0.0771. The molecule has 0 bridgehead atoms. The molecule has 114 valence electrons. The van der Waals surface area contributed by atoms with Gasteiger partial charge in [0.15, 0.2) is 0 Å². The highest BCUT2D eigenvalue weighted by Crippen LogP contribution is 2.40. The Morgan fingerprint density at radius 3 is 2.35 bits per heavy atom. The van der Waals surface area contributed by atoms with E-state index in [1.807, 2.05) is 13.8 Å². The fourth-order valence-electron chi connectivity index (χ4n) is 3.53. The molecule has 2 rings (SSSR count). The summed E-state index contributed by atoms with van der Waals surface area (Å²) >= 11 is 0. The molecule has 1 N–H and O–H groups in total. The zero-order valence-corrected chi connectivity index (χ0v) is 12.6. The molecule has 1 aliphatic heterocycles. The lowest BCUT2D eigenvalue weighted by Gasteiger charge is -2.46. The van der Waals surface area contributed by atoms with Gasteiger partial charge in [0, 0.05) is 13.7 Å². The highest BCUT2D eigenvalue weighted by atomic mass is 16.5. The third kappa shape index (κ3) is 2.68. The molecule has 2 fully saturated rings. The van der Waals surface area contributed by atoms with Crippen LogP contribution >= 0.6 is 0 Å². The van der Waals surface area contributed by atoms with Crippen molar-refractivity contribution in [2.45, 2.75) is 64.0 Å². The van der Waals surface area contributed by atoms with Crippen molar-refractivity contribution >= 4 is 11.9 Å². The molecule has 0 aromatic heterocycles. The van der Waals surface area contributed by atoms with Crippen molar-refractivity contribution in [2.75, 3.05) is 13.7 Å². The maximum atomic E-state index is 12.6. The van der Waals surface area contributed by atoms with Gasteiger partial charge in [0.05, 0.1) is 12.0 Å². The summed E-state index contributed by atoms with van der Waals surface area (Å²) in [4.78, 5) is 25.7. The minimum atomic E-state index is -0.900. The summed E-state index contributed by atoms with van der Waals surface area (Å²) in [5, 5.41) is 9.49. The van der Waals surface area contributed by atoms with Gasteiger partial charge in [-0.1, -0.05) is 13.8 Å². The van der Waals surface area contributed by atoms with Crippen molar-refractivity contribution in [1.82, 2.24) is 4.90 Å². The number of carbonyl (C=O) groups excluding carboxylic acids is 1. The van der Waals surface area contributed by atoms with E-state index >= 15 is 0 Å². The Morgan fingerprint density at radius 1 is 1.25 bits per heavy atom. The van der Waals surface area contributed by atoms with Crippen molar-refractivity contribution in [1.29, 1.82) is 0 Å². The van der Waals surface area contributed by atoms with Crippen LogP contribution in [0.25, 0.3) is 0 Å². The minimum Gasteiger partial charge on any atom is -0.480 e. The molecule has 2 aliphatic rings. The predicted octanol–water partition coefficient (Wildman–Crippen LogP) is 2.05. The summed E-state index contributed by atoms with van der Waals surface area (Å²) in [6, 6.07) is -0.724. The Morgan fingerprint density at radius 2 is 1.90 bits per heavy atom. The molecule has 1 amide bonds. The number of piperidine rings is 1. The second-order valence-corrected chi connectivity index (χ2v) is 6.84. The average Bonchev–Trinajstić information content (AvgIpc) is 2.31. The molecule has 5 heteroatoms. The largest absolute Gasteiger partial charge is 0.480 e. The maximum absolute atomic E-state index is 12.6. The van der Waals surface area contributed by atoms with Gasteiger partial charge in [-0.3, -0.25) is 4.79 Å². The van der Waals surface area contributed by atoms with E-state index in [-0.39, 0.29) is 16.9 Å². The molecule has 1 atom stereocenters. The normalized spacial score (nSPS) is 27.8. The lowest BCUT2D eigenvalue weighted by atomic mass is 9.74. The van der Waals surface area contributed by atoms with Gasteiger partial charge in [-0.05, 0) is 37.5 Å². The van der Waals surface area contributed by atoms with E-state index in [4.69, 9.17) is 4.74 Å². The highest BCUT2D eigenvalue weighted by molar-refractivity contribution is 5.85. The standard InChI is InChI=1S/C15H25NO4/c1-14(2)6-5-9-16(12(14)13(18)19)11(17)10-15(20-3)7-4-8-15/h12H,4-10H2,1-3H3,(H,18,19). The monoisotopic (exact) mass is 283 g/mol. The highest BCUT2D eigenvalue weighted by Gasteiger charge is 2.47. The van der Waals surface area contributed by atoms with Gasteiger partial charge in [-0.2, -0.15) is 0 Å². The van der Waals surface area contributed by atoms with Crippen LogP contribution in [-0.2, 0) is 14.3 Å². The van der Waals surface area contributed by atoms with Crippen molar-refractivity contribution in [3.63, 3.8) is 0 Å². The van der Waals surface area contributed by atoms with E-state index in [0.717, 1.165) is 32.1 Å². The van der Waals surface area contributed by atoms with Gasteiger partial charge in [0.25, 0.3) is 0 Å². The first-order valence-corrected chi connectivity index (χ1v) is 7.39. The topological polar surface area (TPSA) is 66.8 Å². The number of hydrogen-bond donors (Lipinski definition) is 1. The molecule has 1 aliphatic carbocycles. The Balaban J connectivity index is 2.12. The van der Waals surface area contributed by atoms with Crippen LogP contribution in [0, 0.1) is 5.41 Å². The summed E-state index contributed by atoms with van der Waals surface area (Å²) < 4.78 is 5.49. The molecular weight excluding hydrogens is 258 g/mol. The quantitative estimate of drug-likeness (QED) is 0.857. The third-order valence-electron chi connectivity index (χ3n) is 5.00. The Labute approximate surface area is 120 Å². The number of aliphatic carboxylic acids is 1. The van der Waals surface area contributed by atoms with Crippen LogP contribution in [0.3, 0.4) is 0 Å². The molecule has 5 nitrogen and oxygen atoms in total. The molecular formula is C15H25NO4. The van der Waals surface area contributed by atoms with Crippen LogP contribution in [0.15, 0.2) is 0 Å². The molecule has 0 aromatic carbocycles. The number of hydrogen-bond acceptors (Lipinski definition) is 3. The maximum Gasteiger partial charge on any atom is 0.326 e. The van der Waals surface area contributed by atoms with Crippen LogP contribution in [0.2, 0.25) is 0 Å². The molecule has 1 saturated heterocycles. The zero-order valence-electron chi connectivity index (χ0n) is 12.6. The fraction of sp³-hybridized carbons (Fsp3) is 0.867. The van der Waals surface area contributed by atoms with Crippen LogP contribution in [0.5, 0.6) is 0 Å². The van der Waals surface area contributed by atoms with Crippen molar-refractivity contribution in [3.8, 4) is 0 Å². The summed E-state index contributed by atoms with van der Waals surface area (Å²) in [6.07, 6.45) is 4.87. The molecule has 20 heavy (non-hydrogen) atoms. The number of likely N-dealkylation sites (tertiary alicyclic amines) is 1. The van der Waals surface area contributed by atoms with Crippen molar-refractivity contribution < 1.29 is 19.4 Å². The Bertz CT molecular complexity index is 395. The molecule has 0 spiro atoms. The lowest BCUT2D eigenvalue weighted by Crippen LogP contribution is -2.58. The predicted molar refractivity (Wildman–Crippen MR) is 74.4 cm³/mol. The molecule has 1 saturated carbocycles. The molecule has 0 radical (unpaired) electrons. The van der Waals surface area contributed by atoms with E-state index in [1.165, 1.54) is 0 Å². The van der Waals surface area contributed by atoms with Gasteiger partial charge in [0.2, 0.25) is 5.91 Å². The van der Waals surface area contributed by atoms with Crippen LogP contribution in [0.1, 0.15) is 52.4 Å². The summed E-state index contributed by atoms with van der Waals surface area (Å²) in [5.74, 6) is -0.977. The Hall–Kier alpha value is -1.10. The molecule has 1 heterocycles. The van der Waals surface area contributed by atoms with E-state index in [9.17, 15) is 14.7 Å². The van der Waals surface area contributed by atoms with Gasteiger partial charge < -0.3 is 14.7 Å². The summed E-state index contributed by atoms with van der Waals surface area (Å²) in [5.41, 5.74) is -0.721. The zero-order chi connectivity index (χ0) is 15.0. The first kappa shape index (κ1) is 15.3. The van der Waals surface area contributed by atoms with E-state index in [2.05, 4.69) is 0 Å². The van der Waals surface area contributed by atoms with Crippen LogP contribution in [0.4, 0.5) is 0 Å². The number of nitrogens with zero attached hydrogens (tertiary/aromatic N) is 1. The first-order chi connectivity index (χ1) is 9.31. The van der Waals surface area contributed by atoms with E-state index < -0.39 is 12.0 Å². The Kier molecular flexibility index (Phi) is 4.09. The summed E-state index contributed by atoms with van der Waals surface area (Å²) in [6.45, 7) is 4.40. The van der Waals surface area contributed by atoms with E-state index in [0.29, 0.717) is 13.0 Å². The number of amides is 1.